The van der Waals surface area contributed by atoms with E-state index in [2.05, 4.69) is 10.3 Å². The van der Waals surface area contributed by atoms with E-state index in [1.807, 2.05) is 42.5 Å². The maximum absolute atomic E-state index is 6.02. The highest BCUT2D eigenvalue weighted by Gasteiger charge is 2.22. The molecule has 0 heterocycles. The van der Waals surface area contributed by atoms with E-state index in [4.69, 9.17) is 19.9 Å². The quantitative estimate of drug-likeness (QED) is 0.525. The van der Waals surface area contributed by atoms with Crippen LogP contribution in [0, 0.1) is 5.92 Å². The van der Waals surface area contributed by atoms with Crippen molar-refractivity contribution in [3.63, 3.8) is 0 Å². The standard InChI is InChI=1S/C21H27N3O3/c1-25-19-10-9-16(11-20(19)26-2)12-23-21(22)24-13-17-5-3-4-6-18(17)27-14-15-7-8-15/h3-6,9-11,15H,7-8,12-14H2,1-2H3,(H3,22,23,24). The Bertz CT molecular complexity index is 788. The molecular formula is C21H27N3O3. The molecule has 2 aromatic carbocycles. The summed E-state index contributed by atoms with van der Waals surface area (Å²) >= 11 is 0. The number of methoxy groups -OCH3 is 2. The minimum absolute atomic E-state index is 0.391. The summed E-state index contributed by atoms with van der Waals surface area (Å²) in [6.45, 7) is 1.82. The topological polar surface area (TPSA) is 78.1 Å². The van der Waals surface area contributed by atoms with Gasteiger partial charge in [-0.1, -0.05) is 24.3 Å². The summed E-state index contributed by atoms with van der Waals surface area (Å²) in [4.78, 5) is 4.40. The van der Waals surface area contributed by atoms with E-state index in [1.165, 1.54) is 12.8 Å². The number of para-hydroxylation sites is 1. The minimum Gasteiger partial charge on any atom is -0.493 e. The van der Waals surface area contributed by atoms with Gasteiger partial charge in [0.05, 0.1) is 27.4 Å². The fraction of sp³-hybridized carbons (Fsp3) is 0.381. The third kappa shape index (κ3) is 5.54. The predicted octanol–water partition coefficient (Wildman–Crippen LogP) is 3.10. The van der Waals surface area contributed by atoms with Crippen LogP contribution in [0.5, 0.6) is 17.2 Å². The maximum Gasteiger partial charge on any atom is 0.189 e. The van der Waals surface area contributed by atoms with Crippen molar-refractivity contribution in [1.29, 1.82) is 0 Å². The van der Waals surface area contributed by atoms with E-state index in [0.29, 0.717) is 30.5 Å². The van der Waals surface area contributed by atoms with Gasteiger partial charge in [-0.05, 0) is 42.5 Å². The highest BCUT2D eigenvalue weighted by molar-refractivity contribution is 5.77. The lowest BCUT2D eigenvalue weighted by atomic mass is 10.2. The van der Waals surface area contributed by atoms with Crippen molar-refractivity contribution in [3.8, 4) is 17.2 Å². The number of guanidine groups is 1. The molecule has 1 aliphatic rings. The molecule has 0 aromatic heterocycles. The molecular weight excluding hydrogens is 342 g/mol. The second-order valence-electron chi connectivity index (χ2n) is 6.61. The number of rotatable bonds is 9. The van der Waals surface area contributed by atoms with Gasteiger partial charge in [-0.15, -0.1) is 0 Å². The largest absolute Gasteiger partial charge is 0.493 e. The summed E-state index contributed by atoms with van der Waals surface area (Å²) in [7, 11) is 3.23. The molecule has 0 bridgehead atoms. The van der Waals surface area contributed by atoms with Crippen molar-refractivity contribution in [2.75, 3.05) is 20.8 Å². The van der Waals surface area contributed by atoms with Crippen LogP contribution in [0.15, 0.2) is 47.5 Å². The Hall–Kier alpha value is -2.89. The van der Waals surface area contributed by atoms with Crippen LogP contribution in [-0.2, 0) is 13.1 Å². The molecule has 0 aliphatic heterocycles. The van der Waals surface area contributed by atoms with E-state index in [1.54, 1.807) is 14.2 Å². The van der Waals surface area contributed by atoms with Gasteiger partial charge >= 0.3 is 0 Å². The zero-order valence-corrected chi connectivity index (χ0v) is 15.9. The molecule has 3 N–H and O–H groups in total. The Morgan fingerprint density at radius 2 is 1.85 bits per heavy atom. The van der Waals surface area contributed by atoms with Crippen LogP contribution >= 0.6 is 0 Å². The zero-order valence-electron chi connectivity index (χ0n) is 15.9. The fourth-order valence-electron chi connectivity index (χ4n) is 2.68. The Balaban J connectivity index is 1.55. The summed E-state index contributed by atoms with van der Waals surface area (Å²) in [5.41, 5.74) is 8.08. The summed E-state index contributed by atoms with van der Waals surface area (Å²) in [5, 5.41) is 3.16. The van der Waals surface area contributed by atoms with Gasteiger partial charge in [0.1, 0.15) is 5.75 Å². The number of aliphatic imine (C=N–C) groups is 1. The van der Waals surface area contributed by atoms with E-state index in [0.717, 1.165) is 29.4 Å². The average molecular weight is 369 g/mol. The minimum atomic E-state index is 0.391. The Morgan fingerprint density at radius 3 is 2.59 bits per heavy atom. The van der Waals surface area contributed by atoms with E-state index < -0.39 is 0 Å². The molecule has 1 fully saturated rings. The first-order valence-corrected chi connectivity index (χ1v) is 9.15. The monoisotopic (exact) mass is 369 g/mol. The number of hydrogen-bond donors (Lipinski definition) is 2. The first kappa shape index (κ1) is 18.9. The molecule has 0 saturated heterocycles. The van der Waals surface area contributed by atoms with E-state index in [9.17, 15) is 0 Å². The normalized spacial score (nSPS) is 13.9. The van der Waals surface area contributed by atoms with E-state index in [-0.39, 0.29) is 0 Å². The van der Waals surface area contributed by atoms with Crippen molar-refractivity contribution < 1.29 is 14.2 Å². The zero-order chi connectivity index (χ0) is 19.1. The van der Waals surface area contributed by atoms with Gasteiger partial charge in [0.25, 0.3) is 0 Å². The predicted molar refractivity (Wildman–Crippen MR) is 106 cm³/mol. The molecule has 6 heteroatoms. The van der Waals surface area contributed by atoms with Gasteiger partial charge in [0, 0.05) is 12.1 Å². The third-order valence-corrected chi connectivity index (χ3v) is 4.48. The highest BCUT2D eigenvalue weighted by Crippen LogP contribution is 2.30. The van der Waals surface area contributed by atoms with Gasteiger partial charge in [-0.3, -0.25) is 0 Å². The maximum atomic E-state index is 6.02. The second-order valence-corrected chi connectivity index (χ2v) is 6.61. The fourth-order valence-corrected chi connectivity index (χ4v) is 2.68. The van der Waals surface area contributed by atoms with Crippen LogP contribution < -0.4 is 25.3 Å². The number of nitrogens with zero attached hydrogens (tertiary/aromatic N) is 1. The van der Waals surface area contributed by atoms with Crippen molar-refractivity contribution in [2.24, 2.45) is 16.6 Å². The van der Waals surface area contributed by atoms with Crippen molar-refractivity contribution in [3.05, 3.63) is 53.6 Å². The number of hydrogen-bond acceptors (Lipinski definition) is 4. The molecule has 2 aromatic rings. The van der Waals surface area contributed by atoms with E-state index >= 15 is 0 Å². The number of benzene rings is 2. The molecule has 27 heavy (non-hydrogen) atoms. The average Bonchev–Trinajstić information content (AvgIpc) is 3.54. The lowest BCUT2D eigenvalue weighted by Crippen LogP contribution is -2.31. The second kappa shape index (κ2) is 9.16. The first-order chi connectivity index (χ1) is 13.2. The van der Waals surface area contributed by atoms with Crippen LogP contribution in [0.25, 0.3) is 0 Å². The molecule has 0 atom stereocenters. The molecule has 3 rings (SSSR count). The Kier molecular flexibility index (Phi) is 6.41. The highest BCUT2D eigenvalue weighted by atomic mass is 16.5. The van der Waals surface area contributed by atoms with Gasteiger partial charge in [0.2, 0.25) is 0 Å². The molecule has 1 saturated carbocycles. The van der Waals surface area contributed by atoms with Gasteiger partial charge in [-0.25, -0.2) is 4.99 Å². The molecule has 0 amide bonds. The van der Waals surface area contributed by atoms with Crippen LogP contribution in [0.1, 0.15) is 24.0 Å². The summed E-state index contributed by atoms with van der Waals surface area (Å²) in [5.74, 6) is 3.39. The first-order valence-electron chi connectivity index (χ1n) is 9.15. The lowest BCUT2D eigenvalue weighted by Gasteiger charge is -2.12. The molecule has 1 aliphatic carbocycles. The van der Waals surface area contributed by atoms with Crippen molar-refractivity contribution in [2.45, 2.75) is 25.9 Å². The molecule has 0 unspecified atom stereocenters. The number of ether oxygens (including phenoxy) is 3. The van der Waals surface area contributed by atoms with Crippen LogP contribution in [0.4, 0.5) is 0 Å². The number of nitrogens with one attached hydrogen (secondary N) is 1. The summed E-state index contributed by atoms with van der Waals surface area (Å²) < 4.78 is 16.5. The van der Waals surface area contributed by atoms with Crippen LogP contribution in [-0.4, -0.2) is 26.8 Å². The van der Waals surface area contributed by atoms with Gasteiger partial charge in [-0.2, -0.15) is 0 Å². The van der Waals surface area contributed by atoms with Crippen molar-refractivity contribution >= 4 is 5.96 Å². The van der Waals surface area contributed by atoms with Gasteiger partial charge in [0.15, 0.2) is 17.5 Å². The summed E-state index contributed by atoms with van der Waals surface area (Å²) in [6, 6.07) is 13.7. The SMILES string of the molecule is COc1ccc(CN=C(N)NCc2ccccc2OCC2CC2)cc1OC. The molecule has 6 nitrogen and oxygen atoms in total. The molecule has 144 valence electrons. The smallest absolute Gasteiger partial charge is 0.189 e. The molecule has 0 radical (unpaired) electrons. The Morgan fingerprint density at radius 1 is 1.07 bits per heavy atom. The van der Waals surface area contributed by atoms with Crippen molar-refractivity contribution in [1.82, 2.24) is 5.32 Å². The third-order valence-electron chi connectivity index (χ3n) is 4.48. The lowest BCUT2D eigenvalue weighted by molar-refractivity contribution is 0.296. The van der Waals surface area contributed by atoms with Gasteiger partial charge < -0.3 is 25.3 Å². The number of nitrogens with two attached hydrogens (primary N) is 1. The summed E-state index contributed by atoms with van der Waals surface area (Å²) in [6.07, 6.45) is 2.55. The van der Waals surface area contributed by atoms with Crippen LogP contribution in [0.3, 0.4) is 0 Å². The van der Waals surface area contributed by atoms with Crippen LogP contribution in [0.2, 0.25) is 0 Å². The molecule has 0 spiro atoms. The Labute approximate surface area is 160 Å².